The molecule has 4 aromatic rings. The van der Waals surface area contributed by atoms with Gasteiger partial charge in [-0.3, -0.25) is 24.4 Å². The van der Waals surface area contributed by atoms with Crippen LogP contribution < -0.4 is 16.0 Å². The average molecular weight is 510 g/mol. The van der Waals surface area contributed by atoms with Crippen molar-refractivity contribution in [3.8, 4) is 5.75 Å². The van der Waals surface area contributed by atoms with Crippen molar-refractivity contribution in [1.82, 2.24) is 25.9 Å². The van der Waals surface area contributed by atoms with E-state index in [4.69, 9.17) is 0 Å². The summed E-state index contributed by atoms with van der Waals surface area (Å²) in [7, 11) is 0. The lowest BCUT2D eigenvalue weighted by molar-refractivity contribution is 0.0882. The van der Waals surface area contributed by atoms with Gasteiger partial charge in [-0.1, -0.05) is 18.2 Å². The third-order valence-electron chi connectivity index (χ3n) is 6.69. The minimum Gasteiger partial charge on any atom is -0.507 e. The van der Waals surface area contributed by atoms with Gasteiger partial charge in [0.25, 0.3) is 11.8 Å². The van der Waals surface area contributed by atoms with Crippen molar-refractivity contribution in [2.24, 2.45) is 0 Å². The molecule has 5 rings (SSSR count). The molecule has 192 valence electrons. The zero-order valence-electron chi connectivity index (χ0n) is 20.6. The molecule has 38 heavy (non-hydrogen) atoms. The minimum atomic E-state index is -0.359. The number of ketones is 1. The number of aromatic nitrogens is 2. The number of benzene rings is 2. The Kier molecular flexibility index (Phi) is 7.37. The molecule has 9 heteroatoms. The molecule has 0 bridgehead atoms. The quantitative estimate of drug-likeness (QED) is 0.294. The number of phenolic OH excluding ortho intramolecular Hbond substituents is 1. The van der Waals surface area contributed by atoms with Gasteiger partial charge in [0.15, 0.2) is 5.78 Å². The first-order valence-electron chi connectivity index (χ1n) is 12.4. The molecule has 0 saturated carbocycles. The van der Waals surface area contributed by atoms with Crippen molar-refractivity contribution in [2.45, 2.75) is 24.9 Å². The zero-order valence-corrected chi connectivity index (χ0v) is 20.6. The summed E-state index contributed by atoms with van der Waals surface area (Å²) in [5.74, 6) is -1.01. The smallest absolute Gasteiger partial charge is 0.251 e. The molecular formula is C29H27N5O4. The summed E-state index contributed by atoms with van der Waals surface area (Å²) >= 11 is 0. The number of amides is 2. The molecular weight excluding hydrogens is 482 g/mol. The van der Waals surface area contributed by atoms with Crippen LogP contribution in [0.25, 0.3) is 10.9 Å². The normalized spacial score (nSPS) is 17.4. The standard InChI is InChI=1S/C29H27N5O4/c35-25-10-9-22-21(3-1-14-32-22)26(25)27(36)18-5-7-19(8-6-18)28(37)33-23-4-2-13-31-17-24(23)34-29(38)20-11-15-30-16-12-20/h1,3,5-12,14-16,23-24,31,35H,2,4,13,17H2,(H,33,37)(H,34,38)/t23-,24-/m1/s1. The second-order valence-corrected chi connectivity index (χ2v) is 9.18. The molecule has 1 aliphatic rings. The average Bonchev–Trinajstić information content (AvgIpc) is 3.17. The van der Waals surface area contributed by atoms with E-state index < -0.39 is 0 Å². The molecule has 0 unspecified atom stereocenters. The van der Waals surface area contributed by atoms with Crippen LogP contribution in [-0.2, 0) is 0 Å². The molecule has 1 fully saturated rings. The van der Waals surface area contributed by atoms with Crippen LogP contribution >= 0.6 is 0 Å². The Labute approximate surface area is 219 Å². The maximum atomic E-state index is 13.2. The van der Waals surface area contributed by atoms with Crippen molar-refractivity contribution in [2.75, 3.05) is 13.1 Å². The van der Waals surface area contributed by atoms with E-state index in [9.17, 15) is 19.5 Å². The first kappa shape index (κ1) is 25.0. The van der Waals surface area contributed by atoms with Crippen LogP contribution in [0.4, 0.5) is 0 Å². The van der Waals surface area contributed by atoms with Crippen LogP contribution in [0, 0.1) is 0 Å². The fourth-order valence-corrected chi connectivity index (χ4v) is 4.68. The SMILES string of the molecule is O=C(N[C@@H]1CCCNC[C@H]1NC(=O)c1ccncc1)c1ccc(C(=O)c2c(O)ccc3ncccc23)cc1. The van der Waals surface area contributed by atoms with Gasteiger partial charge in [-0.25, -0.2) is 0 Å². The predicted octanol–water partition coefficient (Wildman–Crippen LogP) is 2.85. The molecule has 2 aromatic carbocycles. The van der Waals surface area contributed by atoms with E-state index in [1.165, 1.54) is 6.07 Å². The summed E-state index contributed by atoms with van der Waals surface area (Å²) in [4.78, 5) is 47.3. The number of carbonyl (C=O) groups is 3. The Morgan fingerprint density at radius 1 is 0.816 bits per heavy atom. The largest absolute Gasteiger partial charge is 0.507 e. The van der Waals surface area contributed by atoms with Gasteiger partial charge >= 0.3 is 0 Å². The van der Waals surface area contributed by atoms with Crippen molar-refractivity contribution in [3.05, 3.63) is 102 Å². The molecule has 0 aliphatic carbocycles. The van der Waals surface area contributed by atoms with Crippen LogP contribution in [0.5, 0.6) is 5.75 Å². The first-order valence-corrected chi connectivity index (χ1v) is 12.4. The fourth-order valence-electron chi connectivity index (χ4n) is 4.68. The van der Waals surface area contributed by atoms with Crippen molar-refractivity contribution in [3.63, 3.8) is 0 Å². The molecule has 2 aromatic heterocycles. The third kappa shape index (κ3) is 5.37. The number of fused-ring (bicyclic) bond motifs is 1. The number of hydrogen-bond acceptors (Lipinski definition) is 7. The highest BCUT2D eigenvalue weighted by Gasteiger charge is 2.27. The van der Waals surface area contributed by atoms with Crippen LogP contribution in [-0.4, -0.2) is 57.8 Å². The lowest BCUT2D eigenvalue weighted by atomic mass is 9.97. The van der Waals surface area contributed by atoms with Gasteiger partial charge in [0.1, 0.15) is 5.75 Å². The number of nitrogens with one attached hydrogen (secondary N) is 3. The number of phenols is 1. The Balaban J connectivity index is 1.30. The van der Waals surface area contributed by atoms with Gasteiger partial charge in [-0.2, -0.15) is 0 Å². The molecule has 3 heterocycles. The van der Waals surface area contributed by atoms with Crippen LogP contribution in [0.15, 0.2) is 79.3 Å². The van der Waals surface area contributed by atoms with E-state index in [1.807, 2.05) is 0 Å². The van der Waals surface area contributed by atoms with E-state index in [-0.39, 0.29) is 41.0 Å². The molecule has 0 radical (unpaired) electrons. The highest BCUT2D eigenvalue weighted by molar-refractivity contribution is 6.18. The second-order valence-electron chi connectivity index (χ2n) is 9.18. The van der Waals surface area contributed by atoms with E-state index in [1.54, 1.807) is 73.2 Å². The number of carbonyl (C=O) groups excluding carboxylic acids is 3. The summed E-state index contributed by atoms with van der Waals surface area (Å²) in [6, 6.07) is 15.6. The maximum Gasteiger partial charge on any atom is 0.251 e. The summed E-state index contributed by atoms with van der Waals surface area (Å²) in [6.45, 7) is 1.32. The van der Waals surface area contributed by atoms with Gasteiger partial charge in [0, 0.05) is 47.2 Å². The number of hydrogen-bond donors (Lipinski definition) is 4. The number of nitrogens with zero attached hydrogens (tertiary/aromatic N) is 2. The molecule has 1 saturated heterocycles. The zero-order chi connectivity index (χ0) is 26.5. The highest BCUT2D eigenvalue weighted by Crippen LogP contribution is 2.28. The molecule has 9 nitrogen and oxygen atoms in total. The van der Waals surface area contributed by atoms with Gasteiger partial charge in [0.2, 0.25) is 0 Å². The van der Waals surface area contributed by atoms with Crippen LogP contribution in [0.2, 0.25) is 0 Å². The topological polar surface area (TPSA) is 133 Å². The molecule has 2 amide bonds. The van der Waals surface area contributed by atoms with E-state index >= 15 is 0 Å². The number of pyridine rings is 2. The Morgan fingerprint density at radius 2 is 1.50 bits per heavy atom. The van der Waals surface area contributed by atoms with Gasteiger partial charge in [-0.05, 0) is 61.9 Å². The molecule has 1 aliphatic heterocycles. The van der Waals surface area contributed by atoms with E-state index in [0.29, 0.717) is 40.6 Å². The minimum absolute atomic E-state index is 0.126. The van der Waals surface area contributed by atoms with E-state index in [0.717, 1.165) is 13.0 Å². The molecule has 4 N–H and O–H groups in total. The fraction of sp³-hybridized carbons (Fsp3) is 0.207. The highest BCUT2D eigenvalue weighted by atomic mass is 16.3. The molecule has 2 atom stereocenters. The monoisotopic (exact) mass is 509 g/mol. The van der Waals surface area contributed by atoms with Crippen LogP contribution in [0.3, 0.4) is 0 Å². The third-order valence-corrected chi connectivity index (χ3v) is 6.69. The lowest BCUT2D eigenvalue weighted by Crippen LogP contribution is -2.54. The predicted molar refractivity (Wildman–Crippen MR) is 142 cm³/mol. The van der Waals surface area contributed by atoms with Gasteiger partial charge in [0.05, 0.1) is 23.2 Å². The summed E-state index contributed by atoms with van der Waals surface area (Å²) in [6.07, 6.45) is 6.30. The van der Waals surface area contributed by atoms with Crippen molar-refractivity contribution >= 4 is 28.5 Å². The van der Waals surface area contributed by atoms with E-state index in [2.05, 4.69) is 25.9 Å². The Morgan fingerprint density at radius 3 is 2.26 bits per heavy atom. The second kappa shape index (κ2) is 11.2. The lowest BCUT2D eigenvalue weighted by Gasteiger charge is -2.27. The first-order chi connectivity index (χ1) is 18.5. The Hall–Kier alpha value is -4.63. The maximum absolute atomic E-state index is 13.2. The number of aromatic hydroxyl groups is 1. The van der Waals surface area contributed by atoms with Gasteiger partial charge < -0.3 is 21.1 Å². The van der Waals surface area contributed by atoms with Gasteiger partial charge in [-0.15, -0.1) is 0 Å². The van der Waals surface area contributed by atoms with Crippen LogP contribution in [0.1, 0.15) is 49.5 Å². The number of rotatable bonds is 6. The Bertz CT molecular complexity index is 1470. The summed E-state index contributed by atoms with van der Waals surface area (Å²) in [5, 5.41) is 20.3. The van der Waals surface area contributed by atoms with Crippen molar-refractivity contribution < 1.29 is 19.5 Å². The summed E-state index contributed by atoms with van der Waals surface area (Å²) < 4.78 is 0. The summed E-state index contributed by atoms with van der Waals surface area (Å²) in [5.41, 5.74) is 2.01. The van der Waals surface area contributed by atoms with Crippen molar-refractivity contribution in [1.29, 1.82) is 0 Å². The molecule has 0 spiro atoms.